The van der Waals surface area contributed by atoms with Gasteiger partial charge in [0.25, 0.3) is 0 Å². The molecule has 2 unspecified atom stereocenters. The Morgan fingerprint density at radius 2 is 2.33 bits per heavy atom. The molecule has 1 aliphatic rings. The molecule has 1 heterocycles. The number of ether oxygens (including phenoxy) is 1. The molecule has 2 atom stereocenters. The van der Waals surface area contributed by atoms with Crippen LogP contribution in [0.1, 0.15) is 26.2 Å². The van der Waals surface area contributed by atoms with Crippen molar-refractivity contribution in [2.45, 2.75) is 26.2 Å². The minimum atomic E-state index is 0.761. The highest BCUT2D eigenvalue weighted by Gasteiger charge is 2.17. The van der Waals surface area contributed by atoms with E-state index in [2.05, 4.69) is 34.8 Å². The summed E-state index contributed by atoms with van der Waals surface area (Å²) < 4.78 is 5.50. The van der Waals surface area contributed by atoms with Crippen LogP contribution in [0.5, 0.6) is 0 Å². The Balaban J connectivity index is 2.18. The minimum Gasteiger partial charge on any atom is -0.381 e. The first-order valence-electron chi connectivity index (χ1n) is 6.08. The van der Waals surface area contributed by atoms with Gasteiger partial charge < -0.3 is 9.64 Å². The van der Waals surface area contributed by atoms with Gasteiger partial charge in [0.2, 0.25) is 0 Å². The predicted molar refractivity (Wildman–Crippen MR) is 68.6 cm³/mol. The molecule has 0 aliphatic carbocycles. The van der Waals surface area contributed by atoms with Gasteiger partial charge in [0.1, 0.15) is 0 Å². The summed E-state index contributed by atoms with van der Waals surface area (Å²) in [5.41, 5.74) is 0. The van der Waals surface area contributed by atoms with Gasteiger partial charge in [0.05, 0.1) is 6.61 Å². The van der Waals surface area contributed by atoms with E-state index in [9.17, 15) is 0 Å². The topological polar surface area (TPSA) is 12.5 Å². The van der Waals surface area contributed by atoms with E-state index in [1.807, 2.05) is 0 Å². The average Bonchev–Trinajstić information content (AvgIpc) is 2.27. The molecule has 0 saturated carbocycles. The summed E-state index contributed by atoms with van der Waals surface area (Å²) in [7, 11) is 2.24. The summed E-state index contributed by atoms with van der Waals surface area (Å²) >= 11 is 3.58. The molecular formula is C12H24BrNO. The second-order valence-corrected chi connectivity index (χ2v) is 5.38. The van der Waals surface area contributed by atoms with E-state index in [-0.39, 0.29) is 0 Å². The SMILES string of the molecule is CCC(CBr)CN(C)CC1CCCOC1. The van der Waals surface area contributed by atoms with Crippen LogP contribution < -0.4 is 0 Å². The number of hydrogen-bond donors (Lipinski definition) is 0. The Morgan fingerprint density at radius 1 is 1.53 bits per heavy atom. The third-order valence-electron chi connectivity index (χ3n) is 3.19. The molecule has 0 amide bonds. The maximum Gasteiger partial charge on any atom is 0.0506 e. The summed E-state index contributed by atoms with van der Waals surface area (Å²) in [6, 6.07) is 0. The van der Waals surface area contributed by atoms with Crippen molar-refractivity contribution < 1.29 is 4.74 Å². The van der Waals surface area contributed by atoms with Crippen LogP contribution in [-0.2, 0) is 4.74 Å². The number of rotatable bonds is 6. The van der Waals surface area contributed by atoms with Crippen molar-refractivity contribution in [1.82, 2.24) is 4.90 Å². The molecule has 0 radical (unpaired) electrons. The highest BCUT2D eigenvalue weighted by Crippen LogP contribution is 2.16. The van der Waals surface area contributed by atoms with Crippen LogP contribution in [0.3, 0.4) is 0 Å². The molecule has 0 bridgehead atoms. The number of halogens is 1. The normalized spacial score (nSPS) is 24.4. The summed E-state index contributed by atoms with van der Waals surface area (Å²) in [4.78, 5) is 2.47. The van der Waals surface area contributed by atoms with E-state index < -0.39 is 0 Å². The highest BCUT2D eigenvalue weighted by atomic mass is 79.9. The van der Waals surface area contributed by atoms with Crippen LogP contribution in [0.25, 0.3) is 0 Å². The van der Waals surface area contributed by atoms with Gasteiger partial charge >= 0.3 is 0 Å². The van der Waals surface area contributed by atoms with Gasteiger partial charge in [-0.15, -0.1) is 0 Å². The van der Waals surface area contributed by atoms with Crippen LogP contribution >= 0.6 is 15.9 Å². The molecule has 1 aliphatic heterocycles. The molecule has 0 N–H and O–H groups in total. The summed E-state index contributed by atoms with van der Waals surface area (Å²) in [5, 5.41) is 1.12. The maximum absolute atomic E-state index is 5.50. The van der Waals surface area contributed by atoms with Crippen LogP contribution in [0.4, 0.5) is 0 Å². The Bertz CT molecular complexity index is 156. The van der Waals surface area contributed by atoms with Gasteiger partial charge in [-0.2, -0.15) is 0 Å². The van der Waals surface area contributed by atoms with Crippen LogP contribution in [0.2, 0.25) is 0 Å². The zero-order valence-corrected chi connectivity index (χ0v) is 11.6. The molecule has 3 heteroatoms. The highest BCUT2D eigenvalue weighted by molar-refractivity contribution is 9.09. The lowest BCUT2D eigenvalue weighted by Gasteiger charge is -2.28. The van der Waals surface area contributed by atoms with E-state index in [4.69, 9.17) is 4.74 Å². The van der Waals surface area contributed by atoms with E-state index in [0.29, 0.717) is 0 Å². The molecular weight excluding hydrogens is 254 g/mol. The zero-order chi connectivity index (χ0) is 11.1. The van der Waals surface area contributed by atoms with Crippen molar-refractivity contribution in [1.29, 1.82) is 0 Å². The van der Waals surface area contributed by atoms with Crippen molar-refractivity contribution in [2.24, 2.45) is 11.8 Å². The van der Waals surface area contributed by atoms with Gasteiger partial charge in [-0.25, -0.2) is 0 Å². The molecule has 2 nitrogen and oxygen atoms in total. The lowest BCUT2D eigenvalue weighted by atomic mass is 10.0. The van der Waals surface area contributed by atoms with Crippen molar-refractivity contribution >= 4 is 15.9 Å². The van der Waals surface area contributed by atoms with E-state index >= 15 is 0 Å². The van der Waals surface area contributed by atoms with Crippen molar-refractivity contribution in [3.05, 3.63) is 0 Å². The molecule has 1 rings (SSSR count). The second kappa shape index (κ2) is 7.64. The van der Waals surface area contributed by atoms with Crippen molar-refractivity contribution in [3.63, 3.8) is 0 Å². The first kappa shape index (κ1) is 13.5. The predicted octanol–water partition coefficient (Wildman–Crippen LogP) is 2.77. The third kappa shape index (κ3) is 5.32. The van der Waals surface area contributed by atoms with Crippen molar-refractivity contribution in [2.75, 3.05) is 38.7 Å². The van der Waals surface area contributed by atoms with E-state index in [0.717, 1.165) is 30.4 Å². The lowest BCUT2D eigenvalue weighted by molar-refractivity contribution is 0.0405. The standard InChI is InChI=1S/C12H24BrNO/c1-3-11(7-13)8-14(2)9-12-5-4-6-15-10-12/h11-12H,3-10H2,1-2H3. The Hall–Kier alpha value is 0.400. The fourth-order valence-corrected chi connectivity index (χ4v) is 2.86. The number of alkyl halides is 1. The average molecular weight is 278 g/mol. The number of hydrogen-bond acceptors (Lipinski definition) is 2. The molecule has 90 valence electrons. The molecule has 0 aromatic heterocycles. The molecule has 0 aromatic carbocycles. The van der Waals surface area contributed by atoms with Gasteiger partial charge in [0.15, 0.2) is 0 Å². The monoisotopic (exact) mass is 277 g/mol. The third-order valence-corrected chi connectivity index (χ3v) is 4.11. The van der Waals surface area contributed by atoms with E-state index in [1.165, 1.54) is 32.4 Å². The lowest BCUT2D eigenvalue weighted by Crippen LogP contribution is -2.34. The first-order valence-corrected chi connectivity index (χ1v) is 7.20. The maximum atomic E-state index is 5.50. The fraction of sp³-hybridized carbons (Fsp3) is 1.00. The quantitative estimate of drug-likeness (QED) is 0.693. The van der Waals surface area contributed by atoms with Gasteiger partial charge in [-0.05, 0) is 31.7 Å². The Labute approximate surface area is 102 Å². The van der Waals surface area contributed by atoms with E-state index in [1.54, 1.807) is 0 Å². The van der Waals surface area contributed by atoms with Crippen LogP contribution in [-0.4, -0.2) is 43.6 Å². The minimum absolute atomic E-state index is 0.761. The number of nitrogens with zero attached hydrogens (tertiary/aromatic N) is 1. The molecule has 0 spiro atoms. The second-order valence-electron chi connectivity index (χ2n) is 4.73. The van der Waals surface area contributed by atoms with Gasteiger partial charge in [-0.3, -0.25) is 0 Å². The molecule has 1 saturated heterocycles. The van der Waals surface area contributed by atoms with Crippen LogP contribution in [0, 0.1) is 11.8 Å². The smallest absolute Gasteiger partial charge is 0.0506 e. The molecule has 0 aromatic rings. The first-order chi connectivity index (χ1) is 7.26. The summed E-state index contributed by atoms with van der Waals surface area (Å²) in [5.74, 6) is 1.55. The van der Waals surface area contributed by atoms with Crippen molar-refractivity contribution in [3.8, 4) is 0 Å². The summed E-state index contributed by atoms with van der Waals surface area (Å²) in [6.07, 6.45) is 3.85. The Morgan fingerprint density at radius 3 is 2.87 bits per heavy atom. The zero-order valence-electron chi connectivity index (χ0n) is 10.0. The summed E-state index contributed by atoms with van der Waals surface area (Å²) in [6.45, 7) is 6.61. The fourth-order valence-electron chi connectivity index (χ4n) is 2.19. The largest absolute Gasteiger partial charge is 0.381 e. The molecule has 15 heavy (non-hydrogen) atoms. The van der Waals surface area contributed by atoms with Crippen LogP contribution in [0.15, 0.2) is 0 Å². The van der Waals surface area contributed by atoms with Gasteiger partial charge in [-0.1, -0.05) is 29.3 Å². The van der Waals surface area contributed by atoms with Gasteiger partial charge in [0, 0.05) is 25.0 Å². The molecule has 1 fully saturated rings. The Kier molecular flexibility index (Phi) is 6.86.